The molecular weight excluding hydrogens is 256 g/mol. The zero-order valence-corrected chi connectivity index (χ0v) is 12.3. The highest BCUT2D eigenvalue weighted by Crippen LogP contribution is 2.22. The van der Waals surface area contributed by atoms with Crippen molar-refractivity contribution in [2.75, 3.05) is 19.6 Å². The summed E-state index contributed by atoms with van der Waals surface area (Å²) in [4.78, 5) is 17.6. The van der Waals surface area contributed by atoms with Gasteiger partial charge in [-0.25, -0.2) is 4.79 Å². The van der Waals surface area contributed by atoms with Crippen LogP contribution in [0.25, 0.3) is 0 Å². The van der Waals surface area contributed by atoms with Crippen molar-refractivity contribution in [3.05, 3.63) is 29.6 Å². The summed E-state index contributed by atoms with van der Waals surface area (Å²) >= 11 is 0. The van der Waals surface area contributed by atoms with Crippen LogP contribution in [0.3, 0.4) is 0 Å². The third kappa shape index (κ3) is 3.93. The first-order chi connectivity index (χ1) is 10.1. The number of carbonyl (C=O) groups excluding carboxylic acids is 1. The molecule has 0 bridgehead atoms. The molecule has 0 radical (unpaired) electrons. The van der Waals surface area contributed by atoms with E-state index in [0.717, 1.165) is 10.5 Å². The van der Waals surface area contributed by atoms with Gasteiger partial charge in [0.25, 0.3) is 0 Å². The normalized spacial score (nSPS) is 23.8. The average Bonchev–Trinajstić information content (AvgIpc) is 2.36. The number of nitrogens with zero attached hydrogens (tertiary/aromatic N) is 2. The Labute approximate surface area is 122 Å². The van der Waals surface area contributed by atoms with E-state index in [0.29, 0.717) is 5.69 Å². The Bertz CT molecular complexity index is 558. The molecule has 1 atom stereocenters. The molecule has 1 fully saturated rings. The summed E-state index contributed by atoms with van der Waals surface area (Å²) in [6, 6.07) is 3.75. The minimum atomic E-state index is -1.90. The molecule has 1 unspecified atom stereocenters. The van der Waals surface area contributed by atoms with Gasteiger partial charge in [-0.3, -0.25) is 4.98 Å². The van der Waals surface area contributed by atoms with Gasteiger partial charge in [-0.2, -0.15) is 0 Å². The van der Waals surface area contributed by atoms with Crippen molar-refractivity contribution in [3.63, 3.8) is 0 Å². The number of pyridine rings is 1. The largest absolute Gasteiger partial charge is 0.444 e. The van der Waals surface area contributed by atoms with Gasteiger partial charge in [-0.15, -0.1) is 0 Å². The third-order valence-electron chi connectivity index (χ3n) is 2.77. The molecule has 1 aromatic rings. The number of ether oxygens (including phenoxy) is 2. The summed E-state index contributed by atoms with van der Waals surface area (Å²) in [7, 11) is 0. The molecule has 20 heavy (non-hydrogen) atoms. The van der Waals surface area contributed by atoms with Crippen LogP contribution in [-0.2, 0) is 9.47 Å². The van der Waals surface area contributed by atoms with Crippen LogP contribution in [0.15, 0.2) is 18.3 Å². The minimum Gasteiger partial charge on any atom is -0.444 e. The van der Waals surface area contributed by atoms with Crippen LogP contribution in [0.5, 0.6) is 0 Å². The second kappa shape index (κ2) is 5.79. The number of rotatable bonds is 1. The molecule has 1 aliphatic rings. The molecule has 1 aromatic heterocycles. The highest BCUT2D eigenvalue weighted by Gasteiger charge is 2.29. The smallest absolute Gasteiger partial charge is 0.410 e. The van der Waals surface area contributed by atoms with E-state index < -0.39 is 24.3 Å². The van der Waals surface area contributed by atoms with Crippen molar-refractivity contribution in [2.24, 2.45) is 0 Å². The summed E-state index contributed by atoms with van der Waals surface area (Å²) in [5.74, 6) is 0. The Kier molecular flexibility index (Phi) is 3.52. The van der Waals surface area contributed by atoms with Crippen molar-refractivity contribution in [3.8, 4) is 0 Å². The lowest BCUT2D eigenvalue weighted by molar-refractivity contribution is -0.0447. The number of amides is 1. The number of morpholine rings is 1. The van der Waals surface area contributed by atoms with E-state index in [1.54, 1.807) is 27.0 Å². The Morgan fingerprint density at radius 1 is 1.60 bits per heavy atom. The molecule has 0 N–H and O–H groups in total. The van der Waals surface area contributed by atoms with E-state index in [1.165, 1.54) is 0 Å². The van der Waals surface area contributed by atoms with E-state index in [-0.39, 0.29) is 13.2 Å². The van der Waals surface area contributed by atoms with Crippen LogP contribution in [0.2, 0.25) is 0 Å². The second-order valence-corrected chi connectivity index (χ2v) is 5.81. The van der Waals surface area contributed by atoms with Crippen LogP contribution in [0.1, 0.15) is 40.9 Å². The first-order valence-electron chi connectivity index (χ1n) is 7.63. The summed E-state index contributed by atoms with van der Waals surface area (Å²) in [6.07, 6.45) is 0.532. The lowest BCUT2D eigenvalue weighted by Gasteiger charge is -2.34. The first kappa shape index (κ1) is 12.1. The van der Waals surface area contributed by atoms with E-state index in [1.807, 2.05) is 19.1 Å². The third-order valence-corrected chi connectivity index (χ3v) is 2.77. The summed E-state index contributed by atoms with van der Waals surface area (Å²) < 4.78 is 26.8. The highest BCUT2D eigenvalue weighted by molar-refractivity contribution is 5.68. The second-order valence-electron chi connectivity index (χ2n) is 5.81. The molecule has 110 valence electrons. The highest BCUT2D eigenvalue weighted by atomic mass is 16.6. The Morgan fingerprint density at radius 2 is 2.35 bits per heavy atom. The monoisotopic (exact) mass is 280 g/mol. The predicted octanol–water partition coefficient (Wildman–Crippen LogP) is 2.70. The standard InChI is InChI=1S/C15H22N2O3/c1-11-5-6-16-12(9-11)13-10-17(7-8-19-13)14(18)20-15(2,3)4/h5-6,9,13H,7-8,10H2,1-4H3/i7D2. The maximum atomic E-state index is 12.3. The van der Waals surface area contributed by atoms with E-state index in [2.05, 4.69) is 4.98 Å². The number of aryl methyl sites for hydroxylation is 1. The molecule has 0 saturated carbocycles. The molecule has 0 spiro atoms. The van der Waals surface area contributed by atoms with Crippen LogP contribution in [-0.4, -0.2) is 41.2 Å². The van der Waals surface area contributed by atoms with Crippen LogP contribution in [0.4, 0.5) is 4.79 Å². The van der Waals surface area contributed by atoms with Gasteiger partial charge in [0, 0.05) is 12.7 Å². The average molecular weight is 280 g/mol. The van der Waals surface area contributed by atoms with Crippen LogP contribution < -0.4 is 0 Å². The fourth-order valence-electron chi connectivity index (χ4n) is 1.87. The maximum Gasteiger partial charge on any atom is 0.410 e. The lowest BCUT2D eigenvalue weighted by Crippen LogP contribution is -2.44. The molecule has 1 aliphatic heterocycles. The van der Waals surface area contributed by atoms with Crippen LogP contribution in [0, 0.1) is 6.92 Å². The fourth-order valence-corrected chi connectivity index (χ4v) is 1.87. The van der Waals surface area contributed by atoms with Crippen molar-refractivity contribution < 1.29 is 17.0 Å². The number of hydrogen-bond donors (Lipinski definition) is 0. The molecular formula is C15H22N2O3. The summed E-state index contributed by atoms with van der Waals surface area (Å²) in [6.45, 7) is 5.15. The quantitative estimate of drug-likeness (QED) is 0.793. The van der Waals surface area contributed by atoms with Crippen molar-refractivity contribution in [2.45, 2.75) is 39.4 Å². The number of hydrogen-bond acceptors (Lipinski definition) is 4. The Balaban J connectivity index is 2.18. The SMILES string of the molecule is [2H]C1([2H])COC(c2cc(C)ccn2)CN1C(=O)OC(C)(C)C. The zero-order chi connectivity index (χ0) is 16.5. The molecule has 2 rings (SSSR count). The topological polar surface area (TPSA) is 51.7 Å². The van der Waals surface area contributed by atoms with Gasteiger partial charge in [-0.1, -0.05) is 0 Å². The van der Waals surface area contributed by atoms with Gasteiger partial charge in [0.1, 0.15) is 11.7 Å². The summed E-state index contributed by atoms with van der Waals surface area (Å²) in [5, 5.41) is 0. The molecule has 0 aromatic carbocycles. The van der Waals surface area contributed by atoms with Gasteiger partial charge < -0.3 is 14.4 Å². The number of aromatic nitrogens is 1. The van der Waals surface area contributed by atoms with Crippen molar-refractivity contribution in [1.82, 2.24) is 9.88 Å². The predicted molar refractivity (Wildman–Crippen MR) is 75.5 cm³/mol. The molecule has 1 saturated heterocycles. The number of carbonyl (C=O) groups is 1. The summed E-state index contributed by atoms with van der Waals surface area (Å²) in [5.41, 5.74) is 1.04. The fraction of sp³-hybridized carbons (Fsp3) is 0.600. The van der Waals surface area contributed by atoms with Gasteiger partial charge >= 0.3 is 6.09 Å². The Hall–Kier alpha value is -1.62. The van der Waals surface area contributed by atoms with E-state index in [9.17, 15) is 4.79 Å². The van der Waals surface area contributed by atoms with Gasteiger partial charge in [0.15, 0.2) is 0 Å². The van der Waals surface area contributed by atoms with Gasteiger partial charge in [0.05, 0.1) is 21.6 Å². The molecule has 1 amide bonds. The van der Waals surface area contributed by atoms with E-state index in [4.69, 9.17) is 12.2 Å². The van der Waals surface area contributed by atoms with Crippen molar-refractivity contribution in [1.29, 1.82) is 0 Å². The zero-order valence-electron chi connectivity index (χ0n) is 14.3. The molecule has 2 heterocycles. The first-order valence-corrected chi connectivity index (χ1v) is 6.63. The molecule has 5 heteroatoms. The Morgan fingerprint density at radius 3 is 3.00 bits per heavy atom. The minimum absolute atomic E-state index is 0.0678. The lowest BCUT2D eigenvalue weighted by atomic mass is 10.1. The molecule has 0 aliphatic carbocycles. The van der Waals surface area contributed by atoms with Gasteiger partial charge in [0.2, 0.25) is 0 Å². The maximum absolute atomic E-state index is 12.3. The van der Waals surface area contributed by atoms with Crippen molar-refractivity contribution >= 4 is 6.09 Å². The van der Waals surface area contributed by atoms with Crippen LogP contribution >= 0.6 is 0 Å². The van der Waals surface area contributed by atoms with Gasteiger partial charge in [-0.05, 0) is 45.4 Å². The van der Waals surface area contributed by atoms with E-state index >= 15 is 0 Å². The molecule has 5 nitrogen and oxygen atoms in total.